The van der Waals surface area contributed by atoms with Crippen LogP contribution in [0.15, 0.2) is 27.1 Å². The van der Waals surface area contributed by atoms with Gasteiger partial charge in [-0.25, -0.2) is 0 Å². The van der Waals surface area contributed by atoms with Crippen molar-refractivity contribution in [2.75, 3.05) is 0 Å². The number of halogens is 2. The molecule has 1 aromatic carbocycles. The van der Waals surface area contributed by atoms with Gasteiger partial charge in [0.1, 0.15) is 11.8 Å². The SMILES string of the molecule is CCC(C#N)Oc1ccc(Br)cc1Br. The Morgan fingerprint density at radius 3 is 2.71 bits per heavy atom. The second-order valence-corrected chi connectivity index (χ2v) is 4.49. The molecule has 1 unspecified atom stereocenters. The Balaban J connectivity index is 2.82. The largest absolute Gasteiger partial charge is 0.474 e. The highest BCUT2D eigenvalue weighted by atomic mass is 79.9. The highest BCUT2D eigenvalue weighted by molar-refractivity contribution is 9.11. The molecule has 0 radical (unpaired) electrons. The van der Waals surface area contributed by atoms with E-state index >= 15 is 0 Å². The van der Waals surface area contributed by atoms with E-state index in [1.54, 1.807) is 0 Å². The first-order valence-corrected chi connectivity index (χ1v) is 5.77. The summed E-state index contributed by atoms with van der Waals surface area (Å²) in [7, 11) is 0. The van der Waals surface area contributed by atoms with E-state index in [4.69, 9.17) is 10.00 Å². The first-order chi connectivity index (χ1) is 6.67. The second-order valence-electron chi connectivity index (χ2n) is 2.72. The molecule has 0 amide bonds. The predicted molar refractivity (Wildman–Crippen MR) is 62.2 cm³/mol. The van der Waals surface area contributed by atoms with Crippen LogP contribution >= 0.6 is 31.9 Å². The summed E-state index contributed by atoms with van der Waals surface area (Å²) in [5.74, 6) is 0.696. The van der Waals surface area contributed by atoms with Gasteiger partial charge in [0.2, 0.25) is 0 Å². The van der Waals surface area contributed by atoms with Crippen molar-refractivity contribution in [3.05, 3.63) is 27.1 Å². The van der Waals surface area contributed by atoms with Gasteiger partial charge in [0.05, 0.1) is 4.47 Å². The lowest BCUT2D eigenvalue weighted by molar-refractivity contribution is 0.250. The molecule has 4 heteroatoms. The molecule has 0 spiro atoms. The molecule has 0 saturated carbocycles. The van der Waals surface area contributed by atoms with Crippen LogP contribution in [-0.4, -0.2) is 6.10 Å². The summed E-state index contributed by atoms with van der Waals surface area (Å²) < 4.78 is 7.29. The van der Waals surface area contributed by atoms with Gasteiger partial charge >= 0.3 is 0 Å². The minimum atomic E-state index is -0.382. The maximum Gasteiger partial charge on any atom is 0.184 e. The highest BCUT2D eigenvalue weighted by Gasteiger charge is 2.08. The van der Waals surface area contributed by atoms with Crippen molar-refractivity contribution in [2.24, 2.45) is 0 Å². The quantitative estimate of drug-likeness (QED) is 0.847. The van der Waals surface area contributed by atoms with Crippen LogP contribution in [-0.2, 0) is 0 Å². The summed E-state index contributed by atoms with van der Waals surface area (Å²) in [6, 6.07) is 7.68. The average Bonchev–Trinajstić information content (AvgIpc) is 2.17. The number of nitriles is 1. The number of rotatable bonds is 3. The predicted octanol–water partition coefficient (Wildman–Crippen LogP) is 3.89. The van der Waals surface area contributed by atoms with Crippen LogP contribution in [0.1, 0.15) is 13.3 Å². The van der Waals surface area contributed by atoms with Crippen LogP contribution in [0.25, 0.3) is 0 Å². The Kier molecular flexibility index (Phi) is 4.43. The van der Waals surface area contributed by atoms with E-state index in [0.717, 1.165) is 8.95 Å². The molecule has 2 nitrogen and oxygen atoms in total. The summed E-state index contributed by atoms with van der Waals surface area (Å²) in [5.41, 5.74) is 0. The molecule has 14 heavy (non-hydrogen) atoms. The zero-order valence-corrected chi connectivity index (χ0v) is 10.8. The molecule has 0 fully saturated rings. The standard InChI is InChI=1S/C10H9Br2NO/c1-2-8(6-13)14-10-4-3-7(11)5-9(10)12/h3-5,8H,2H2,1H3. The fraction of sp³-hybridized carbons (Fsp3) is 0.300. The van der Waals surface area contributed by atoms with Crippen LogP contribution in [0, 0.1) is 11.3 Å². The van der Waals surface area contributed by atoms with Gasteiger partial charge in [-0.05, 0) is 40.5 Å². The third-order valence-corrected chi connectivity index (χ3v) is 2.79. The minimum Gasteiger partial charge on any atom is -0.474 e. The van der Waals surface area contributed by atoms with Crippen LogP contribution in [0.2, 0.25) is 0 Å². The van der Waals surface area contributed by atoms with E-state index in [2.05, 4.69) is 37.9 Å². The fourth-order valence-corrected chi connectivity index (χ4v) is 2.07. The molecule has 0 aliphatic heterocycles. The summed E-state index contributed by atoms with van der Waals surface area (Å²) in [4.78, 5) is 0. The van der Waals surface area contributed by atoms with Crippen molar-refractivity contribution in [2.45, 2.75) is 19.4 Å². The minimum absolute atomic E-state index is 0.382. The fourth-order valence-electron chi connectivity index (χ4n) is 0.925. The van der Waals surface area contributed by atoms with E-state index in [1.165, 1.54) is 0 Å². The average molecular weight is 319 g/mol. The van der Waals surface area contributed by atoms with Crippen LogP contribution in [0.4, 0.5) is 0 Å². The monoisotopic (exact) mass is 317 g/mol. The zero-order chi connectivity index (χ0) is 10.6. The third kappa shape index (κ3) is 3.00. The van der Waals surface area contributed by atoms with E-state index in [1.807, 2.05) is 25.1 Å². The van der Waals surface area contributed by atoms with Crippen molar-refractivity contribution in [3.63, 3.8) is 0 Å². The van der Waals surface area contributed by atoms with Gasteiger partial charge in [0.25, 0.3) is 0 Å². The molecule has 1 aromatic rings. The number of nitrogens with zero attached hydrogens (tertiary/aromatic N) is 1. The van der Waals surface area contributed by atoms with Crippen LogP contribution < -0.4 is 4.74 Å². The lowest BCUT2D eigenvalue weighted by Crippen LogP contribution is -2.12. The maximum absolute atomic E-state index is 8.73. The Labute approximate surface area is 100 Å². The molecule has 74 valence electrons. The lowest BCUT2D eigenvalue weighted by atomic mass is 10.3. The number of ether oxygens (including phenoxy) is 1. The molecule has 0 N–H and O–H groups in total. The third-order valence-electron chi connectivity index (χ3n) is 1.68. The summed E-state index contributed by atoms with van der Waals surface area (Å²) in [6.45, 7) is 1.92. The first-order valence-electron chi connectivity index (χ1n) is 4.18. The van der Waals surface area contributed by atoms with Gasteiger partial charge in [-0.1, -0.05) is 22.9 Å². The van der Waals surface area contributed by atoms with Gasteiger partial charge in [-0.15, -0.1) is 0 Å². The molecule has 1 rings (SSSR count). The van der Waals surface area contributed by atoms with Crippen molar-refractivity contribution in [1.29, 1.82) is 5.26 Å². The van der Waals surface area contributed by atoms with Gasteiger partial charge < -0.3 is 4.74 Å². The van der Waals surface area contributed by atoms with E-state index in [-0.39, 0.29) is 6.10 Å². The van der Waals surface area contributed by atoms with E-state index in [9.17, 15) is 0 Å². The molecule has 0 aromatic heterocycles. The number of hydrogen-bond acceptors (Lipinski definition) is 2. The molecule has 0 aliphatic carbocycles. The van der Waals surface area contributed by atoms with Crippen molar-refractivity contribution in [3.8, 4) is 11.8 Å². The highest BCUT2D eigenvalue weighted by Crippen LogP contribution is 2.29. The van der Waals surface area contributed by atoms with Crippen molar-refractivity contribution in [1.82, 2.24) is 0 Å². The van der Waals surface area contributed by atoms with E-state index in [0.29, 0.717) is 12.2 Å². The second kappa shape index (κ2) is 5.38. The van der Waals surface area contributed by atoms with Crippen LogP contribution in [0.3, 0.4) is 0 Å². The summed E-state index contributed by atoms with van der Waals surface area (Å²) in [6.07, 6.45) is 0.298. The first kappa shape index (κ1) is 11.5. The molecular formula is C10H9Br2NO. The smallest absolute Gasteiger partial charge is 0.184 e. The molecule has 0 aliphatic rings. The molecule has 0 saturated heterocycles. The van der Waals surface area contributed by atoms with Crippen molar-refractivity contribution >= 4 is 31.9 Å². The Bertz CT molecular complexity index is 360. The number of hydrogen-bond donors (Lipinski definition) is 0. The molecule has 0 heterocycles. The maximum atomic E-state index is 8.73. The zero-order valence-electron chi connectivity index (χ0n) is 7.63. The lowest BCUT2D eigenvalue weighted by Gasteiger charge is -2.11. The Hall–Kier alpha value is -0.530. The van der Waals surface area contributed by atoms with Gasteiger partial charge in [-0.2, -0.15) is 5.26 Å². The summed E-state index contributed by atoms with van der Waals surface area (Å²) >= 11 is 6.72. The van der Waals surface area contributed by atoms with Gasteiger partial charge in [-0.3, -0.25) is 0 Å². The molecular weight excluding hydrogens is 310 g/mol. The number of benzene rings is 1. The normalized spacial score (nSPS) is 11.9. The van der Waals surface area contributed by atoms with Gasteiger partial charge in [0.15, 0.2) is 6.10 Å². The van der Waals surface area contributed by atoms with Crippen LogP contribution in [0.5, 0.6) is 5.75 Å². The van der Waals surface area contributed by atoms with Gasteiger partial charge in [0, 0.05) is 4.47 Å². The Morgan fingerprint density at radius 1 is 1.50 bits per heavy atom. The topological polar surface area (TPSA) is 33.0 Å². The van der Waals surface area contributed by atoms with E-state index < -0.39 is 0 Å². The molecule has 1 atom stereocenters. The summed E-state index contributed by atoms with van der Waals surface area (Å²) in [5, 5.41) is 8.73. The Morgan fingerprint density at radius 2 is 2.21 bits per heavy atom. The van der Waals surface area contributed by atoms with Crippen molar-refractivity contribution < 1.29 is 4.74 Å². The molecule has 0 bridgehead atoms.